The zero-order chi connectivity index (χ0) is 14.9. The summed E-state index contributed by atoms with van der Waals surface area (Å²) in [4.78, 5) is 45.7. The third-order valence-corrected chi connectivity index (χ3v) is 2.87. The maximum atomic E-state index is 12.0. The van der Waals surface area contributed by atoms with E-state index in [0.717, 1.165) is 22.0 Å². The molecule has 1 saturated heterocycles. The minimum absolute atomic E-state index is 0.227. The molecule has 106 valence electrons. The van der Waals surface area contributed by atoms with Crippen LogP contribution in [0.4, 0.5) is 5.69 Å². The van der Waals surface area contributed by atoms with Gasteiger partial charge in [0.25, 0.3) is 0 Å². The zero-order valence-electron chi connectivity index (χ0n) is 10.5. The lowest BCUT2D eigenvalue weighted by molar-refractivity contribution is -0.385. The fourth-order valence-electron chi connectivity index (χ4n) is 1.78. The summed E-state index contributed by atoms with van der Waals surface area (Å²) in [6.45, 7) is 0.985. The first kappa shape index (κ1) is 13.6. The molecule has 2 rings (SSSR count). The third-order valence-electron chi connectivity index (χ3n) is 2.87. The van der Waals surface area contributed by atoms with Crippen molar-refractivity contribution in [1.29, 1.82) is 0 Å². The number of piperazine rings is 1. The van der Waals surface area contributed by atoms with Gasteiger partial charge in [-0.25, -0.2) is 0 Å². The summed E-state index contributed by atoms with van der Waals surface area (Å²) in [5.41, 5.74) is -0.238. The van der Waals surface area contributed by atoms with Crippen molar-refractivity contribution in [1.82, 2.24) is 20.0 Å². The molecule has 0 aromatic carbocycles. The van der Waals surface area contributed by atoms with Crippen LogP contribution in [0.25, 0.3) is 0 Å². The number of carbonyl (C=O) groups is 3. The lowest BCUT2D eigenvalue weighted by Gasteiger charge is -2.31. The van der Waals surface area contributed by atoms with Gasteiger partial charge in [-0.1, -0.05) is 0 Å². The van der Waals surface area contributed by atoms with Gasteiger partial charge in [-0.3, -0.25) is 34.5 Å². The number of hydrogen-bond acceptors (Lipinski definition) is 6. The number of imide groups is 1. The van der Waals surface area contributed by atoms with Crippen molar-refractivity contribution in [3.63, 3.8) is 0 Å². The van der Waals surface area contributed by atoms with Gasteiger partial charge in [0.2, 0.25) is 17.7 Å². The standard InChI is InChI=1S/C10H11N5O5/c1-6-10(18)12-8(16)4-14(6)9(17)5-13-3-7(2-11-13)15(19)20/h2-3,6H,4-5H2,1H3,(H,12,16,18). The molecule has 1 aromatic heterocycles. The second-order valence-corrected chi connectivity index (χ2v) is 4.26. The predicted molar refractivity (Wildman–Crippen MR) is 63.2 cm³/mol. The van der Waals surface area contributed by atoms with E-state index >= 15 is 0 Å². The SMILES string of the molecule is CC1C(=O)NC(=O)CN1C(=O)Cn1cc([N+](=O)[O-])cn1. The van der Waals surface area contributed by atoms with Crippen LogP contribution >= 0.6 is 0 Å². The Balaban J connectivity index is 2.08. The third kappa shape index (κ3) is 2.63. The maximum absolute atomic E-state index is 12.0. The number of nitro groups is 1. The van der Waals surface area contributed by atoms with E-state index in [1.54, 1.807) is 0 Å². The summed E-state index contributed by atoms with van der Waals surface area (Å²) < 4.78 is 1.09. The fourth-order valence-corrected chi connectivity index (χ4v) is 1.78. The molecule has 0 saturated carbocycles. The van der Waals surface area contributed by atoms with Gasteiger partial charge in [-0.2, -0.15) is 5.10 Å². The van der Waals surface area contributed by atoms with Crippen LogP contribution in [0.5, 0.6) is 0 Å². The average molecular weight is 281 g/mol. The molecule has 0 spiro atoms. The lowest BCUT2D eigenvalue weighted by Crippen LogP contribution is -2.59. The van der Waals surface area contributed by atoms with E-state index in [2.05, 4.69) is 10.4 Å². The summed E-state index contributed by atoms with van der Waals surface area (Å²) in [5, 5.41) is 16.3. The molecule has 1 aromatic rings. The summed E-state index contributed by atoms with van der Waals surface area (Å²) in [5.74, 6) is -1.63. The highest BCUT2D eigenvalue weighted by Crippen LogP contribution is 2.10. The van der Waals surface area contributed by atoms with E-state index in [9.17, 15) is 24.5 Å². The fraction of sp³-hybridized carbons (Fsp3) is 0.400. The summed E-state index contributed by atoms with van der Waals surface area (Å²) >= 11 is 0. The quantitative estimate of drug-likeness (QED) is 0.415. The molecular formula is C10H11N5O5. The van der Waals surface area contributed by atoms with E-state index in [-0.39, 0.29) is 18.8 Å². The monoisotopic (exact) mass is 281 g/mol. The first-order valence-electron chi connectivity index (χ1n) is 5.68. The van der Waals surface area contributed by atoms with Gasteiger partial charge in [-0.15, -0.1) is 0 Å². The molecule has 0 bridgehead atoms. The Kier molecular flexibility index (Phi) is 3.46. The van der Waals surface area contributed by atoms with Crippen LogP contribution in [0.15, 0.2) is 12.4 Å². The zero-order valence-corrected chi connectivity index (χ0v) is 10.5. The van der Waals surface area contributed by atoms with Crippen molar-refractivity contribution in [2.24, 2.45) is 0 Å². The Hall–Kier alpha value is -2.78. The summed E-state index contributed by atoms with van der Waals surface area (Å²) in [6, 6.07) is -0.772. The van der Waals surface area contributed by atoms with Gasteiger partial charge >= 0.3 is 5.69 Å². The molecule has 1 aliphatic heterocycles. The number of aromatic nitrogens is 2. The topological polar surface area (TPSA) is 127 Å². The molecule has 20 heavy (non-hydrogen) atoms. The van der Waals surface area contributed by atoms with E-state index in [0.29, 0.717) is 0 Å². The normalized spacial score (nSPS) is 18.9. The summed E-state index contributed by atoms with van der Waals surface area (Å²) in [6.07, 6.45) is 2.12. The number of nitrogens with one attached hydrogen (secondary N) is 1. The lowest BCUT2D eigenvalue weighted by atomic mass is 10.2. The number of amides is 3. The first-order chi connectivity index (χ1) is 9.38. The smallest absolute Gasteiger partial charge is 0.307 e. The van der Waals surface area contributed by atoms with E-state index in [4.69, 9.17) is 0 Å². The molecule has 1 aliphatic rings. The number of nitrogens with zero attached hydrogens (tertiary/aromatic N) is 4. The van der Waals surface area contributed by atoms with Gasteiger partial charge in [0, 0.05) is 0 Å². The molecule has 0 aliphatic carbocycles. The van der Waals surface area contributed by atoms with Crippen molar-refractivity contribution in [3.8, 4) is 0 Å². The van der Waals surface area contributed by atoms with Gasteiger partial charge in [0.1, 0.15) is 31.5 Å². The Bertz CT molecular complexity index is 595. The minimum Gasteiger partial charge on any atom is -0.320 e. The Labute approximate surface area is 112 Å². The van der Waals surface area contributed by atoms with Crippen molar-refractivity contribution >= 4 is 23.4 Å². The highest BCUT2D eigenvalue weighted by atomic mass is 16.6. The molecule has 10 nitrogen and oxygen atoms in total. The second-order valence-electron chi connectivity index (χ2n) is 4.26. The van der Waals surface area contributed by atoms with Crippen LogP contribution in [-0.4, -0.2) is 49.9 Å². The summed E-state index contributed by atoms with van der Waals surface area (Å²) in [7, 11) is 0. The number of carbonyl (C=O) groups excluding carboxylic acids is 3. The molecule has 1 atom stereocenters. The van der Waals surface area contributed by atoms with E-state index in [1.807, 2.05) is 0 Å². The van der Waals surface area contributed by atoms with Crippen LogP contribution in [0.1, 0.15) is 6.92 Å². The van der Waals surface area contributed by atoms with Crippen molar-refractivity contribution in [3.05, 3.63) is 22.5 Å². The van der Waals surface area contributed by atoms with Gasteiger partial charge in [0.05, 0.1) is 4.92 Å². The average Bonchev–Trinajstić information content (AvgIpc) is 2.82. The van der Waals surface area contributed by atoms with E-state index < -0.39 is 28.7 Å². The van der Waals surface area contributed by atoms with Gasteiger partial charge in [-0.05, 0) is 6.92 Å². The molecule has 10 heteroatoms. The molecule has 1 fully saturated rings. The molecular weight excluding hydrogens is 270 g/mol. The molecule has 1 N–H and O–H groups in total. The highest BCUT2D eigenvalue weighted by molar-refractivity contribution is 6.04. The van der Waals surface area contributed by atoms with Crippen LogP contribution < -0.4 is 5.32 Å². The highest BCUT2D eigenvalue weighted by Gasteiger charge is 2.33. The largest absolute Gasteiger partial charge is 0.320 e. The van der Waals surface area contributed by atoms with Crippen LogP contribution in [0, 0.1) is 10.1 Å². The van der Waals surface area contributed by atoms with Crippen LogP contribution in [-0.2, 0) is 20.9 Å². The number of hydrogen-bond donors (Lipinski definition) is 1. The Morgan fingerprint density at radius 2 is 2.30 bits per heavy atom. The number of rotatable bonds is 3. The van der Waals surface area contributed by atoms with Crippen molar-refractivity contribution in [2.45, 2.75) is 19.5 Å². The minimum atomic E-state index is -0.772. The van der Waals surface area contributed by atoms with Crippen LogP contribution in [0.3, 0.4) is 0 Å². The van der Waals surface area contributed by atoms with Crippen molar-refractivity contribution < 1.29 is 19.3 Å². The first-order valence-corrected chi connectivity index (χ1v) is 5.68. The molecule has 3 amide bonds. The van der Waals surface area contributed by atoms with Crippen molar-refractivity contribution in [2.75, 3.05) is 6.54 Å². The second kappa shape index (κ2) is 5.07. The Morgan fingerprint density at radius 1 is 1.60 bits per heavy atom. The molecule has 0 radical (unpaired) electrons. The van der Waals surface area contributed by atoms with E-state index in [1.165, 1.54) is 6.92 Å². The maximum Gasteiger partial charge on any atom is 0.307 e. The van der Waals surface area contributed by atoms with Gasteiger partial charge in [0.15, 0.2) is 0 Å². The van der Waals surface area contributed by atoms with Gasteiger partial charge < -0.3 is 4.90 Å². The predicted octanol–water partition coefficient (Wildman–Crippen LogP) is -1.34. The molecule has 1 unspecified atom stereocenters. The van der Waals surface area contributed by atoms with Crippen LogP contribution in [0.2, 0.25) is 0 Å². The molecule has 2 heterocycles. The Morgan fingerprint density at radius 3 is 2.90 bits per heavy atom.